The van der Waals surface area contributed by atoms with Gasteiger partial charge in [0.2, 0.25) is 5.62 Å². The minimum atomic E-state index is -1.02. The summed E-state index contributed by atoms with van der Waals surface area (Å²) in [7, 11) is 2.23. The Balaban J connectivity index is 2.35. The van der Waals surface area contributed by atoms with Crippen LogP contribution in [-0.4, -0.2) is 46.0 Å². The Morgan fingerprint density at radius 1 is 0.921 bits per heavy atom. The summed E-state index contributed by atoms with van der Waals surface area (Å²) in [5.74, 6) is -2.41. The fourth-order valence-electron chi connectivity index (χ4n) is 3.41. The highest BCUT2D eigenvalue weighted by atomic mass is 35.5. The summed E-state index contributed by atoms with van der Waals surface area (Å²) in [4.78, 5) is 55.4. The van der Waals surface area contributed by atoms with E-state index in [0.717, 1.165) is 29.4 Å². The first-order valence-electron chi connectivity index (χ1n) is 11.4. The Morgan fingerprint density at radius 2 is 1.50 bits per heavy atom. The average molecular weight is 549 g/mol. The van der Waals surface area contributed by atoms with Crippen molar-refractivity contribution in [2.75, 3.05) is 14.2 Å². The van der Waals surface area contributed by atoms with Crippen LogP contribution in [0.5, 0.6) is 5.75 Å². The quantitative estimate of drug-likeness (QED) is 0.375. The van der Waals surface area contributed by atoms with E-state index in [-0.39, 0.29) is 29.7 Å². The molecule has 13 heteroatoms. The van der Waals surface area contributed by atoms with E-state index in [2.05, 4.69) is 9.73 Å². The van der Waals surface area contributed by atoms with Crippen molar-refractivity contribution in [2.24, 2.45) is 4.99 Å². The molecule has 0 radical (unpaired) electrons. The second-order valence-corrected chi connectivity index (χ2v) is 8.73. The predicted molar refractivity (Wildman–Crippen MR) is 135 cm³/mol. The minimum absolute atomic E-state index is 0.00608. The van der Waals surface area contributed by atoms with E-state index in [1.165, 1.54) is 12.1 Å². The molecule has 202 valence electrons. The fraction of sp³-hybridized carbons (Fsp3) is 0.320. The zero-order valence-corrected chi connectivity index (χ0v) is 21.9. The van der Waals surface area contributed by atoms with Crippen LogP contribution in [0.15, 0.2) is 57.0 Å². The molecule has 1 heterocycles. The van der Waals surface area contributed by atoms with Gasteiger partial charge in [0.15, 0.2) is 11.6 Å². The van der Waals surface area contributed by atoms with Crippen molar-refractivity contribution >= 4 is 29.2 Å². The molecule has 0 bridgehead atoms. The first-order valence-corrected chi connectivity index (χ1v) is 11.7. The number of aromatic nitrogens is 3. The SMILES string of the molecule is COC(=O)Cn1c(=O)n(CC(=O)OC)c(=Nc2ccc(OC(C)C)c(F)c2)n(Cc2ccc(Cl)cc2)c1=O. The third-order valence-electron chi connectivity index (χ3n) is 5.20. The number of nitrogens with zero attached hydrogens (tertiary/aromatic N) is 4. The molecule has 2 aromatic carbocycles. The number of hydrogen-bond acceptors (Lipinski definition) is 8. The molecule has 0 aliphatic carbocycles. The number of halogens is 2. The standard InChI is InChI=1S/C25H26ClFN4O7/c1-15(2)38-20-10-9-18(11-19(20)27)28-23-29(12-16-5-7-17(26)8-6-16)24(34)31(14-22(33)37-4)25(35)30(23)13-21(32)36-3/h5-11,15H,12-14H2,1-4H3. The molecule has 0 saturated heterocycles. The van der Waals surface area contributed by atoms with Gasteiger partial charge in [0.1, 0.15) is 13.1 Å². The lowest BCUT2D eigenvalue weighted by atomic mass is 10.2. The third-order valence-corrected chi connectivity index (χ3v) is 5.45. The van der Waals surface area contributed by atoms with Gasteiger partial charge < -0.3 is 14.2 Å². The van der Waals surface area contributed by atoms with E-state index in [1.54, 1.807) is 38.1 Å². The maximum Gasteiger partial charge on any atom is 0.336 e. The Hall–Kier alpha value is -4.19. The maximum absolute atomic E-state index is 14.7. The van der Waals surface area contributed by atoms with Crippen LogP contribution in [0.3, 0.4) is 0 Å². The van der Waals surface area contributed by atoms with Crippen molar-refractivity contribution in [1.82, 2.24) is 13.7 Å². The van der Waals surface area contributed by atoms with Gasteiger partial charge in [-0.3, -0.25) is 18.7 Å². The van der Waals surface area contributed by atoms with E-state index in [4.69, 9.17) is 21.1 Å². The van der Waals surface area contributed by atoms with Crippen LogP contribution in [0.4, 0.5) is 10.1 Å². The largest absolute Gasteiger partial charge is 0.488 e. The predicted octanol–water partition coefficient (Wildman–Crippen LogP) is 2.02. The Labute approximate surface area is 221 Å². The molecule has 0 fully saturated rings. The number of esters is 2. The zero-order chi connectivity index (χ0) is 28.0. The lowest BCUT2D eigenvalue weighted by Crippen LogP contribution is -2.56. The van der Waals surface area contributed by atoms with Gasteiger partial charge in [-0.05, 0) is 43.7 Å². The van der Waals surface area contributed by atoms with Gasteiger partial charge in [0.05, 0.1) is 32.6 Å². The van der Waals surface area contributed by atoms with E-state index in [1.807, 2.05) is 0 Å². The Kier molecular flexibility index (Phi) is 9.24. The van der Waals surface area contributed by atoms with Gasteiger partial charge in [-0.15, -0.1) is 0 Å². The number of methoxy groups -OCH3 is 2. The van der Waals surface area contributed by atoms with Crippen LogP contribution in [-0.2, 0) is 38.7 Å². The van der Waals surface area contributed by atoms with E-state index >= 15 is 0 Å². The molecule has 0 amide bonds. The number of carbonyl (C=O) groups excluding carboxylic acids is 2. The van der Waals surface area contributed by atoms with Crippen molar-refractivity contribution in [3.63, 3.8) is 0 Å². The maximum atomic E-state index is 14.7. The molecule has 0 aliphatic rings. The summed E-state index contributed by atoms with van der Waals surface area (Å²) in [6.45, 7) is 1.99. The van der Waals surface area contributed by atoms with Crippen LogP contribution < -0.4 is 21.7 Å². The lowest BCUT2D eigenvalue weighted by Gasteiger charge is -2.16. The summed E-state index contributed by atoms with van der Waals surface area (Å²) in [5.41, 5.74) is -1.58. The smallest absolute Gasteiger partial charge is 0.336 e. The summed E-state index contributed by atoms with van der Waals surface area (Å²) in [6, 6.07) is 10.4. The van der Waals surface area contributed by atoms with Gasteiger partial charge in [0.25, 0.3) is 0 Å². The molecule has 38 heavy (non-hydrogen) atoms. The molecule has 3 aromatic rings. The molecule has 0 N–H and O–H groups in total. The molecular weight excluding hydrogens is 523 g/mol. The van der Waals surface area contributed by atoms with Gasteiger partial charge in [0, 0.05) is 11.1 Å². The molecule has 11 nitrogen and oxygen atoms in total. The summed E-state index contributed by atoms with van der Waals surface area (Å²) in [5, 5.41) is 0.460. The van der Waals surface area contributed by atoms with Crippen molar-refractivity contribution in [2.45, 2.75) is 39.6 Å². The fourth-order valence-corrected chi connectivity index (χ4v) is 3.53. The van der Waals surface area contributed by atoms with Gasteiger partial charge in [-0.1, -0.05) is 23.7 Å². The number of ether oxygens (including phenoxy) is 3. The van der Waals surface area contributed by atoms with Gasteiger partial charge in [-0.2, -0.15) is 0 Å². The van der Waals surface area contributed by atoms with Crippen LogP contribution in [0.25, 0.3) is 0 Å². The van der Waals surface area contributed by atoms with Crippen molar-refractivity contribution in [3.8, 4) is 5.75 Å². The Bertz CT molecular complexity index is 1520. The molecule has 0 unspecified atom stereocenters. The van der Waals surface area contributed by atoms with Crippen LogP contribution in [0, 0.1) is 5.82 Å². The zero-order valence-electron chi connectivity index (χ0n) is 21.1. The number of benzene rings is 2. The first-order chi connectivity index (χ1) is 18.0. The second kappa shape index (κ2) is 12.4. The summed E-state index contributed by atoms with van der Waals surface area (Å²) >= 11 is 5.98. The molecule has 0 atom stereocenters. The number of carbonyl (C=O) groups is 2. The van der Waals surface area contributed by atoms with Crippen LogP contribution in [0.1, 0.15) is 19.4 Å². The molecule has 1 aromatic heterocycles. The van der Waals surface area contributed by atoms with Crippen molar-refractivity contribution in [3.05, 3.63) is 85.5 Å². The number of hydrogen-bond donors (Lipinski definition) is 0. The van der Waals surface area contributed by atoms with Crippen LogP contribution in [0.2, 0.25) is 5.02 Å². The topological polar surface area (TPSA) is 123 Å². The molecule has 3 rings (SSSR count). The highest BCUT2D eigenvalue weighted by molar-refractivity contribution is 6.30. The van der Waals surface area contributed by atoms with Crippen LogP contribution >= 0.6 is 11.6 Å². The van der Waals surface area contributed by atoms with Crippen molar-refractivity contribution in [1.29, 1.82) is 0 Å². The molecule has 0 saturated carbocycles. The molecular formula is C25H26ClFN4O7. The highest BCUT2D eigenvalue weighted by Crippen LogP contribution is 2.23. The van der Waals surface area contributed by atoms with Crippen molar-refractivity contribution < 1.29 is 28.2 Å². The Morgan fingerprint density at radius 3 is 2.05 bits per heavy atom. The lowest BCUT2D eigenvalue weighted by molar-refractivity contribution is -0.141. The van der Waals surface area contributed by atoms with Gasteiger partial charge in [-0.25, -0.2) is 23.5 Å². The molecule has 0 aliphatic heterocycles. The number of rotatable bonds is 9. The highest BCUT2D eigenvalue weighted by Gasteiger charge is 2.20. The minimum Gasteiger partial charge on any atom is -0.488 e. The third kappa shape index (κ3) is 6.76. The van der Waals surface area contributed by atoms with E-state index in [0.29, 0.717) is 15.2 Å². The van der Waals surface area contributed by atoms with Gasteiger partial charge >= 0.3 is 23.3 Å². The van der Waals surface area contributed by atoms with E-state index < -0.39 is 42.2 Å². The summed E-state index contributed by atoms with van der Waals surface area (Å²) in [6.07, 6.45) is -0.276. The monoisotopic (exact) mass is 548 g/mol. The average Bonchev–Trinajstić information content (AvgIpc) is 2.88. The summed E-state index contributed by atoms with van der Waals surface area (Å²) < 4.78 is 32.0. The van der Waals surface area contributed by atoms with E-state index in [9.17, 15) is 23.6 Å². The first kappa shape index (κ1) is 28.4. The second-order valence-electron chi connectivity index (χ2n) is 8.30. The molecule has 0 spiro atoms. The normalized spacial score (nSPS) is 11.5.